The molecule has 2 amide bonds. The smallest absolute Gasteiger partial charge is 0.339 e. The molecule has 1 aromatic carbocycles. The number of methoxy groups -OCH3 is 1. The van der Waals surface area contributed by atoms with Crippen molar-refractivity contribution >= 4 is 17.7 Å². The van der Waals surface area contributed by atoms with E-state index >= 15 is 0 Å². The number of nitrogens with zero attached hydrogens (tertiary/aromatic N) is 1. The third kappa shape index (κ3) is 3.74. The number of carbonyl (C=O) groups is 2. The molecule has 0 radical (unpaired) electrons. The molecule has 1 fully saturated rings. The molecule has 21 heavy (non-hydrogen) atoms. The Hall–Kier alpha value is -2.04. The van der Waals surface area contributed by atoms with Gasteiger partial charge in [-0.25, -0.2) is 9.59 Å². The number of ether oxygens (including phenoxy) is 1. The summed E-state index contributed by atoms with van der Waals surface area (Å²) in [6.45, 7) is 5.55. The number of aryl methyl sites for hydroxylation is 1. The number of piperidine rings is 1. The van der Waals surface area contributed by atoms with Crippen LogP contribution >= 0.6 is 0 Å². The van der Waals surface area contributed by atoms with Gasteiger partial charge in [-0.05, 0) is 37.8 Å². The van der Waals surface area contributed by atoms with Gasteiger partial charge in [-0.3, -0.25) is 0 Å². The lowest BCUT2D eigenvalue weighted by atomic mass is 10.0. The molecule has 5 heteroatoms. The Kier molecular flexibility index (Phi) is 4.83. The largest absolute Gasteiger partial charge is 0.465 e. The monoisotopic (exact) mass is 290 g/mol. The molecule has 1 unspecified atom stereocenters. The van der Waals surface area contributed by atoms with Crippen molar-refractivity contribution in [2.75, 3.05) is 25.5 Å². The van der Waals surface area contributed by atoms with Crippen molar-refractivity contribution in [1.82, 2.24) is 4.90 Å². The van der Waals surface area contributed by atoms with E-state index in [0.717, 1.165) is 31.5 Å². The summed E-state index contributed by atoms with van der Waals surface area (Å²) in [4.78, 5) is 25.9. The fraction of sp³-hybridized carbons (Fsp3) is 0.500. The lowest BCUT2D eigenvalue weighted by molar-refractivity contribution is 0.0602. The molecule has 0 aromatic heterocycles. The molecule has 114 valence electrons. The summed E-state index contributed by atoms with van der Waals surface area (Å²) in [5, 5.41) is 2.83. The van der Waals surface area contributed by atoms with Gasteiger partial charge in [0.15, 0.2) is 0 Å². The number of likely N-dealkylation sites (tertiary alicyclic amines) is 1. The normalized spacial score (nSPS) is 18.2. The maximum absolute atomic E-state index is 12.3. The minimum absolute atomic E-state index is 0.157. The molecule has 0 bridgehead atoms. The Morgan fingerprint density at radius 3 is 2.81 bits per heavy atom. The van der Waals surface area contributed by atoms with Crippen LogP contribution in [0.4, 0.5) is 10.5 Å². The van der Waals surface area contributed by atoms with Crippen LogP contribution in [0.5, 0.6) is 0 Å². The highest BCUT2D eigenvalue weighted by molar-refractivity contribution is 6.01. The van der Waals surface area contributed by atoms with Crippen LogP contribution in [0.1, 0.15) is 35.7 Å². The number of nitrogens with one attached hydrogen (secondary N) is 1. The summed E-state index contributed by atoms with van der Waals surface area (Å²) in [5.41, 5.74) is 1.83. The molecule has 0 aliphatic carbocycles. The van der Waals surface area contributed by atoms with E-state index in [1.54, 1.807) is 17.0 Å². The van der Waals surface area contributed by atoms with Crippen molar-refractivity contribution < 1.29 is 14.3 Å². The average molecular weight is 290 g/mol. The number of esters is 1. The van der Waals surface area contributed by atoms with Crippen LogP contribution in [0, 0.1) is 12.8 Å². The van der Waals surface area contributed by atoms with Crippen molar-refractivity contribution in [2.45, 2.75) is 26.7 Å². The van der Waals surface area contributed by atoms with Crippen molar-refractivity contribution in [2.24, 2.45) is 5.92 Å². The van der Waals surface area contributed by atoms with Gasteiger partial charge < -0.3 is 15.0 Å². The third-order valence-electron chi connectivity index (χ3n) is 3.77. The Morgan fingerprint density at radius 1 is 1.38 bits per heavy atom. The first-order chi connectivity index (χ1) is 10.0. The van der Waals surface area contributed by atoms with E-state index in [-0.39, 0.29) is 6.03 Å². The summed E-state index contributed by atoms with van der Waals surface area (Å²) in [5.74, 6) is 0.0728. The predicted octanol–water partition coefficient (Wildman–Crippen LogP) is 3.05. The number of carbonyl (C=O) groups excluding carboxylic acids is 2. The van der Waals surface area contributed by atoms with Gasteiger partial charge in [-0.2, -0.15) is 0 Å². The first-order valence-corrected chi connectivity index (χ1v) is 7.26. The van der Waals surface area contributed by atoms with Crippen LogP contribution in [0.2, 0.25) is 0 Å². The van der Waals surface area contributed by atoms with E-state index in [2.05, 4.69) is 12.2 Å². The second kappa shape index (κ2) is 6.61. The quantitative estimate of drug-likeness (QED) is 0.852. The number of amides is 2. The average Bonchev–Trinajstić information content (AvgIpc) is 2.48. The summed E-state index contributed by atoms with van der Waals surface area (Å²) < 4.78 is 4.77. The molecule has 1 aliphatic rings. The van der Waals surface area contributed by atoms with E-state index in [1.807, 2.05) is 13.0 Å². The first-order valence-electron chi connectivity index (χ1n) is 7.26. The van der Waals surface area contributed by atoms with Crippen molar-refractivity contribution in [1.29, 1.82) is 0 Å². The van der Waals surface area contributed by atoms with Gasteiger partial charge in [0, 0.05) is 13.1 Å². The zero-order valence-electron chi connectivity index (χ0n) is 12.8. The minimum Gasteiger partial charge on any atom is -0.465 e. The lowest BCUT2D eigenvalue weighted by Crippen LogP contribution is -2.41. The molecule has 1 atom stereocenters. The Bertz CT molecular complexity index is 542. The lowest BCUT2D eigenvalue weighted by Gasteiger charge is -2.31. The zero-order chi connectivity index (χ0) is 15.4. The van der Waals surface area contributed by atoms with E-state index < -0.39 is 5.97 Å². The molecule has 1 heterocycles. The molecule has 1 aliphatic heterocycles. The molecule has 0 saturated carbocycles. The van der Waals surface area contributed by atoms with E-state index in [0.29, 0.717) is 17.2 Å². The number of urea groups is 1. The molecule has 0 spiro atoms. The van der Waals surface area contributed by atoms with Gasteiger partial charge in [-0.1, -0.05) is 18.6 Å². The van der Waals surface area contributed by atoms with Crippen LogP contribution in [0.25, 0.3) is 0 Å². The van der Waals surface area contributed by atoms with Gasteiger partial charge in [-0.15, -0.1) is 0 Å². The fourth-order valence-electron chi connectivity index (χ4n) is 2.61. The van der Waals surface area contributed by atoms with Gasteiger partial charge in [0.2, 0.25) is 0 Å². The summed E-state index contributed by atoms with van der Waals surface area (Å²) in [6.07, 6.45) is 2.17. The molecule has 1 saturated heterocycles. The maximum Gasteiger partial charge on any atom is 0.339 e. The Balaban J connectivity index is 2.15. The predicted molar refractivity (Wildman–Crippen MR) is 81.5 cm³/mol. The van der Waals surface area contributed by atoms with Crippen LogP contribution < -0.4 is 5.32 Å². The van der Waals surface area contributed by atoms with Crippen LogP contribution in [-0.2, 0) is 4.74 Å². The van der Waals surface area contributed by atoms with Gasteiger partial charge in [0.25, 0.3) is 0 Å². The molecule has 5 nitrogen and oxygen atoms in total. The number of hydrogen-bond donors (Lipinski definition) is 1. The van der Waals surface area contributed by atoms with Crippen LogP contribution in [0.3, 0.4) is 0 Å². The molecule has 1 aromatic rings. The standard InChI is InChI=1S/C16H22N2O3/c1-11-6-7-14(13(9-11)15(19)21-3)17-16(20)18-8-4-5-12(2)10-18/h6-7,9,12H,4-5,8,10H2,1-3H3,(H,17,20). The summed E-state index contributed by atoms with van der Waals surface area (Å²) in [6, 6.07) is 5.17. The second-order valence-corrected chi connectivity index (χ2v) is 5.66. The molecule has 2 rings (SSSR count). The number of benzene rings is 1. The summed E-state index contributed by atoms with van der Waals surface area (Å²) >= 11 is 0. The first kappa shape index (κ1) is 15.4. The maximum atomic E-state index is 12.3. The van der Waals surface area contributed by atoms with Crippen molar-refractivity contribution in [3.63, 3.8) is 0 Å². The summed E-state index contributed by atoms with van der Waals surface area (Å²) in [7, 11) is 1.34. The Morgan fingerprint density at radius 2 is 2.14 bits per heavy atom. The van der Waals surface area contributed by atoms with Crippen LogP contribution in [-0.4, -0.2) is 37.1 Å². The van der Waals surface area contributed by atoms with E-state index in [1.165, 1.54) is 7.11 Å². The zero-order valence-corrected chi connectivity index (χ0v) is 12.8. The molecular formula is C16H22N2O3. The van der Waals surface area contributed by atoms with Gasteiger partial charge >= 0.3 is 12.0 Å². The minimum atomic E-state index is -0.444. The molecular weight excluding hydrogens is 268 g/mol. The van der Waals surface area contributed by atoms with Crippen molar-refractivity contribution in [3.05, 3.63) is 29.3 Å². The highest BCUT2D eigenvalue weighted by Gasteiger charge is 2.22. The topological polar surface area (TPSA) is 58.6 Å². The van der Waals surface area contributed by atoms with E-state index in [4.69, 9.17) is 4.74 Å². The third-order valence-corrected chi connectivity index (χ3v) is 3.77. The highest BCUT2D eigenvalue weighted by atomic mass is 16.5. The number of rotatable bonds is 2. The van der Waals surface area contributed by atoms with Gasteiger partial charge in [0.05, 0.1) is 18.4 Å². The van der Waals surface area contributed by atoms with Crippen LogP contribution in [0.15, 0.2) is 18.2 Å². The van der Waals surface area contributed by atoms with E-state index in [9.17, 15) is 9.59 Å². The highest BCUT2D eigenvalue weighted by Crippen LogP contribution is 2.21. The van der Waals surface area contributed by atoms with Crippen molar-refractivity contribution in [3.8, 4) is 0 Å². The SMILES string of the molecule is COC(=O)c1cc(C)ccc1NC(=O)N1CCCC(C)C1. The van der Waals surface area contributed by atoms with Gasteiger partial charge in [0.1, 0.15) is 0 Å². The fourth-order valence-corrected chi connectivity index (χ4v) is 2.61. The second-order valence-electron chi connectivity index (χ2n) is 5.66. The molecule has 1 N–H and O–H groups in total. The number of hydrogen-bond acceptors (Lipinski definition) is 3. The Labute approximate surface area is 125 Å². The number of anilines is 1.